The van der Waals surface area contributed by atoms with E-state index in [0.29, 0.717) is 5.56 Å². The first kappa shape index (κ1) is 13.8. The molecule has 0 aliphatic carbocycles. The number of hydrogen-bond acceptors (Lipinski definition) is 1. The van der Waals surface area contributed by atoms with Crippen LogP contribution in [-0.4, -0.2) is 6.54 Å². The molecule has 1 nitrogen and oxygen atoms in total. The van der Waals surface area contributed by atoms with Crippen LogP contribution in [0.15, 0.2) is 30.4 Å². The Bertz CT molecular complexity index is 388. The largest absolute Gasteiger partial charge is 0.310 e. The lowest BCUT2D eigenvalue weighted by Crippen LogP contribution is -2.22. The van der Waals surface area contributed by atoms with Crippen molar-refractivity contribution in [2.45, 2.75) is 32.7 Å². The van der Waals surface area contributed by atoms with Gasteiger partial charge in [-0.05, 0) is 44.5 Å². The SMILES string of the molecule is C=C(C)CCC(NCC)c1cc(F)ccc1F. The average molecular weight is 239 g/mol. The highest BCUT2D eigenvalue weighted by Crippen LogP contribution is 2.23. The number of hydrogen-bond donors (Lipinski definition) is 1. The van der Waals surface area contributed by atoms with Gasteiger partial charge in [-0.2, -0.15) is 0 Å². The minimum absolute atomic E-state index is 0.160. The minimum atomic E-state index is -0.403. The van der Waals surface area contributed by atoms with Gasteiger partial charge in [0.25, 0.3) is 0 Å². The first-order valence-electron chi connectivity index (χ1n) is 5.87. The summed E-state index contributed by atoms with van der Waals surface area (Å²) in [6, 6.07) is 3.42. The zero-order valence-electron chi connectivity index (χ0n) is 10.4. The van der Waals surface area contributed by atoms with Gasteiger partial charge in [0.05, 0.1) is 0 Å². The highest BCUT2D eigenvalue weighted by molar-refractivity contribution is 5.22. The average Bonchev–Trinajstić information content (AvgIpc) is 2.27. The van der Waals surface area contributed by atoms with E-state index >= 15 is 0 Å². The lowest BCUT2D eigenvalue weighted by atomic mass is 9.99. The van der Waals surface area contributed by atoms with Crippen LogP contribution in [0.25, 0.3) is 0 Å². The van der Waals surface area contributed by atoms with Gasteiger partial charge in [0.2, 0.25) is 0 Å². The molecule has 0 saturated heterocycles. The lowest BCUT2D eigenvalue weighted by Gasteiger charge is -2.19. The Morgan fingerprint density at radius 2 is 2.12 bits per heavy atom. The van der Waals surface area contributed by atoms with Crippen molar-refractivity contribution in [1.82, 2.24) is 5.32 Å². The van der Waals surface area contributed by atoms with Crippen molar-refractivity contribution in [3.05, 3.63) is 47.5 Å². The monoisotopic (exact) mass is 239 g/mol. The molecule has 0 heterocycles. The van der Waals surface area contributed by atoms with Gasteiger partial charge < -0.3 is 5.32 Å². The summed E-state index contributed by atoms with van der Waals surface area (Å²) in [4.78, 5) is 0. The van der Waals surface area contributed by atoms with E-state index in [4.69, 9.17) is 0 Å². The Labute approximate surface area is 102 Å². The van der Waals surface area contributed by atoms with Crippen LogP contribution in [0.2, 0.25) is 0 Å². The molecule has 1 atom stereocenters. The molecule has 0 fully saturated rings. The standard InChI is InChI=1S/C14H19F2N/c1-4-17-14(8-5-10(2)3)12-9-11(15)6-7-13(12)16/h6-7,9,14,17H,2,4-5,8H2,1,3H3. The second-order valence-electron chi connectivity index (χ2n) is 4.27. The Morgan fingerprint density at radius 1 is 1.41 bits per heavy atom. The Hall–Kier alpha value is -1.22. The maximum Gasteiger partial charge on any atom is 0.128 e. The van der Waals surface area contributed by atoms with Crippen molar-refractivity contribution in [2.24, 2.45) is 0 Å². The van der Waals surface area contributed by atoms with Crippen molar-refractivity contribution in [2.75, 3.05) is 6.54 Å². The van der Waals surface area contributed by atoms with Crippen LogP contribution >= 0.6 is 0 Å². The molecule has 3 heteroatoms. The predicted octanol–water partition coefficient (Wildman–Crippen LogP) is 3.97. The molecule has 0 aliphatic rings. The zero-order valence-corrected chi connectivity index (χ0v) is 10.4. The molecule has 1 aromatic rings. The van der Waals surface area contributed by atoms with Gasteiger partial charge in [0.15, 0.2) is 0 Å². The van der Waals surface area contributed by atoms with Gasteiger partial charge in [0.1, 0.15) is 11.6 Å². The Morgan fingerprint density at radius 3 is 2.71 bits per heavy atom. The lowest BCUT2D eigenvalue weighted by molar-refractivity contribution is 0.479. The van der Waals surface area contributed by atoms with E-state index in [9.17, 15) is 8.78 Å². The van der Waals surface area contributed by atoms with E-state index in [2.05, 4.69) is 11.9 Å². The number of halogens is 2. The second kappa shape index (κ2) is 6.50. The van der Waals surface area contributed by atoms with Crippen LogP contribution < -0.4 is 5.32 Å². The van der Waals surface area contributed by atoms with Gasteiger partial charge in [-0.1, -0.05) is 12.5 Å². The van der Waals surface area contributed by atoms with Crippen LogP contribution in [0.3, 0.4) is 0 Å². The molecule has 1 N–H and O–H groups in total. The fraction of sp³-hybridized carbons (Fsp3) is 0.429. The predicted molar refractivity (Wildman–Crippen MR) is 66.8 cm³/mol. The molecule has 94 valence electrons. The Balaban J connectivity index is 2.87. The topological polar surface area (TPSA) is 12.0 Å². The first-order chi connectivity index (χ1) is 8.04. The van der Waals surface area contributed by atoms with Crippen LogP contribution in [0.5, 0.6) is 0 Å². The minimum Gasteiger partial charge on any atom is -0.310 e. The van der Waals surface area contributed by atoms with Crippen molar-refractivity contribution in [1.29, 1.82) is 0 Å². The maximum absolute atomic E-state index is 13.6. The molecule has 0 amide bonds. The molecule has 0 spiro atoms. The van der Waals surface area contributed by atoms with E-state index in [0.717, 1.165) is 31.0 Å². The summed E-state index contributed by atoms with van der Waals surface area (Å²) in [5, 5.41) is 3.17. The van der Waals surface area contributed by atoms with Crippen molar-refractivity contribution < 1.29 is 8.78 Å². The van der Waals surface area contributed by atoms with E-state index in [1.165, 1.54) is 12.1 Å². The quantitative estimate of drug-likeness (QED) is 0.741. The van der Waals surface area contributed by atoms with E-state index in [1.54, 1.807) is 0 Å². The summed E-state index contributed by atoms with van der Waals surface area (Å²) in [6.07, 6.45) is 1.52. The van der Waals surface area contributed by atoms with Crippen LogP contribution in [0, 0.1) is 11.6 Å². The molecule has 0 saturated carbocycles. The molecular formula is C14H19F2N. The third-order valence-corrected chi connectivity index (χ3v) is 2.64. The number of allylic oxidation sites excluding steroid dienone is 1. The van der Waals surface area contributed by atoms with Crippen molar-refractivity contribution >= 4 is 0 Å². The molecule has 1 aromatic carbocycles. The second-order valence-corrected chi connectivity index (χ2v) is 4.27. The zero-order chi connectivity index (χ0) is 12.8. The summed E-state index contributed by atoms with van der Waals surface area (Å²) < 4.78 is 26.8. The van der Waals surface area contributed by atoms with Crippen LogP contribution in [0.4, 0.5) is 8.78 Å². The molecule has 0 aliphatic heterocycles. The summed E-state index contributed by atoms with van der Waals surface area (Å²) in [7, 11) is 0. The van der Waals surface area contributed by atoms with Gasteiger partial charge in [-0.25, -0.2) is 8.78 Å². The fourth-order valence-corrected chi connectivity index (χ4v) is 1.79. The van der Waals surface area contributed by atoms with Gasteiger partial charge in [-0.3, -0.25) is 0 Å². The number of rotatable bonds is 6. The van der Waals surface area contributed by atoms with Gasteiger partial charge >= 0.3 is 0 Å². The van der Waals surface area contributed by atoms with Gasteiger partial charge in [-0.15, -0.1) is 6.58 Å². The summed E-state index contributed by atoms with van der Waals surface area (Å²) in [5.41, 5.74) is 1.44. The molecule has 0 radical (unpaired) electrons. The van der Waals surface area contributed by atoms with Gasteiger partial charge in [0, 0.05) is 11.6 Å². The fourth-order valence-electron chi connectivity index (χ4n) is 1.79. The maximum atomic E-state index is 13.6. The van der Waals surface area contributed by atoms with Crippen LogP contribution in [0.1, 0.15) is 38.3 Å². The molecule has 0 aromatic heterocycles. The Kier molecular flexibility index (Phi) is 5.29. The molecule has 0 bridgehead atoms. The summed E-state index contributed by atoms with van der Waals surface area (Å²) in [6.45, 7) is 8.43. The highest BCUT2D eigenvalue weighted by Gasteiger charge is 2.15. The van der Waals surface area contributed by atoms with E-state index < -0.39 is 5.82 Å². The first-order valence-corrected chi connectivity index (χ1v) is 5.87. The molecule has 1 rings (SSSR count). The number of nitrogens with one attached hydrogen (secondary N) is 1. The third kappa shape index (κ3) is 4.27. The molecule has 17 heavy (non-hydrogen) atoms. The smallest absolute Gasteiger partial charge is 0.128 e. The molecule has 1 unspecified atom stereocenters. The highest BCUT2D eigenvalue weighted by atomic mass is 19.1. The van der Waals surface area contributed by atoms with E-state index in [1.807, 2.05) is 13.8 Å². The van der Waals surface area contributed by atoms with Crippen molar-refractivity contribution in [3.63, 3.8) is 0 Å². The number of benzene rings is 1. The van der Waals surface area contributed by atoms with Crippen molar-refractivity contribution in [3.8, 4) is 0 Å². The van der Waals surface area contributed by atoms with Crippen LogP contribution in [-0.2, 0) is 0 Å². The summed E-state index contributed by atoms with van der Waals surface area (Å²) >= 11 is 0. The molecular weight excluding hydrogens is 220 g/mol. The normalized spacial score (nSPS) is 12.5. The third-order valence-electron chi connectivity index (χ3n) is 2.64. The van der Waals surface area contributed by atoms with E-state index in [-0.39, 0.29) is 11.9 Å². The summed E-state index contributed by atoms with van der Waals surface area (Å²) in [5.74, 6) is -0.765.